The van der Waals surface area contributed by atoms with E-state index in [-0.39, 0.29) is 5.56 Å². The Kier molecular flexibility index (Phi) is 5.09. The van der Waals surface area contributed by atoms with Crippen molar-refractivity contribution >= 4 is 12.2 Å². The fraction of sp³-hybridized carbons (Fsp3) is 0.267. The second kappa shape index (κ2) is 7.02. The lowest BCUT2D eigenvalue weighted by atomic mass is 10.1. The summed E-state index contributed by atoms with van der Waals surface area (Å²) in [4.78, 5) is 14.4. The van der Waals surface area contributed by atoms with E-state index in [9.17, 15) is 4.79 Å². The molecule has 0 aliphatic heterocycles. The van der Waals surface area contributed by atoms with Crippen molar-refractivity contribution in [1.29, 1.82) is 5.26 Å². The second-order valence-corrected chi connectivity index (χ2v) is 4.88. The molecule has 1 heterocycles. The zero-order valence-electron chi connectivity index (χ0n) is 12.3. The van der Waals surface area contributed by atoms with E-state index in [1.54, 1.807) is 29.9 Å². The van der Waals surface area contributed by atoms with Gasteiger partial charge in [0.15, 0.2) is 4.77 Å². The quantitative estimate of drug-likeness (QED) is 0.854. The molecule has 2 aromatic rings. The maximum Gasteiger partial charge on any atom is 0.252 e. The topological polar surface area (TPSA) is 80.0 Å². The highest BCUT2D eigenvalue weighted by Crippen LogP contribution is 2.30. The molecule has 0 fully saturated rings. The Morgan fingerprint density at radius 2 is 2.14 bits per heavy atom. The normalized spacial score (nSPS) is 10.2. The Hall–Kier alpha value is -2.43. The fourth-order valence-electron chi connectivity index (χ4n) is 2.12. The molecule has 22 heavy (non-hydrogen) atoms. The van der Waals surface area contributed by atoms with Crippen LogP contribution in [0.25, 0.3) is 11.3 Å². The summed E-state index contributed by atoms with van der Waals surface area (Å²) >= 11 is 5.23. The standard InChI is InChI=1S/C15H15N3O3S/c1-20-6-5-18-12(8-14(19)17-15(18)22)11-4-3-10(9-16)7-13(11)21-2/h3-4,7-8H,5-6H2,1-2H3,(H,17,19,22). The average Bonchev–Trinajstić information content (AvgIpc) is 2.52. The third-order valence-electron chi connectivity index (χ3n) is 3.16. The van der Waals surface area contributed by atoms with Crippen molar-refractivity contribution in [3.8, 4) is 23.1 Å². The molecular weight excluding hydrogens is 302 g/mol. The third kappa shape index (κ3) is 3.24. The van der Waals surface area contributed by atoms with E-state index in [1.807, 2.05) is 0 Å². The maximum atomic E-state index is 11.8. The summed E-state index contributed by atoms with van der Waals surface area (Å²) in [5.41, 5.74) is 1.49. The number of methoxy groups -OCH3 is 2. The summed E-state index contributed by atoms with van der Waals surface area (Å²) in [6.45, 7) is 0.941. The Balaban J connectivity index is 2.68. The van der Waals surface area contributed by atoms with Crippen LogP contribution in [-0.2, 0) is 11.3 Å². The van der Waals surface area contributed by atoms with Crippen LogP contribution in [0, 0.1) is 16.1 Å². The molecule has 6 nitrogen and oxygen atoms in total. The summed E-state index contributed by atoms with van der Waals surface area (Å²) in [6, 6.07) is 8.55. The Morgan fingerprint density at radius 3 is 2.77 bits per heavy atom. The molecular formula is C15H15N3O3S. The first kappa shape index (κ1) is 15.9. The van der Waals surface area contributed by atoms with Crippen LogP contribution >= 0.6 is 12.2 Å². The van der Waals surface area contributed by atoms with E-state index in [0.717, 1.165) is 0 Å². The summed E-state index contributed by atoms with van der Waals surface area (Å²) in [5, 5.41) is 8.98. The van der Waals surface area contributed by atoms with Crippen LogP contribution < -0.4 is 10.3 Å². The van der Waals surface area contributed by atoms with Gasteiger partial charge in [0.25, 0.3) is 5.56 Å². The van der Waals surface area contributed by atoms with Gasteiger partial charge < -0.3 is 14.0 Å². The molecule has 0 amide bonds. The molecule has 7 heteroatoms. The number of nitriles is 1. The number of benzene rings is 1. The van der Waals surface area contributed by atoms with Gasteiger partial charge in [-0.1, -0.05) is 0 Å². The number of nitrogens with one attached hydrogen (secondary N) is 1. The van der Waals surface area contributed by atoms with Crippen molar-refractivity contribution in [2.75, 3.05) is 20.8 Å². The lowest BCUT2D eigenvalue weighted by Gasteiger charge is -2.15. The minimum atomic E-state index is -0.292. The Labute approximate surface area is 132 Å². The first-order chi connectivity index (χ1) is 10.6. The SMILES string of the molecule is COCCn1c(-c2ccc(C#N)cc2OC)cc(=O)[nH]c1=S. The number of ether oxygens (including phenoxy) is 2. The van der Waals surface area contributed by atoms with Gasteiger partial charge in [-0.25, -0.2) is 0 Å². The van der Waals surface area contributed by atoms with E-state index in [2.05, 4.69) is 11.1 Å². The monoisotopic (exact) mass is 317 g/mol. The lowest BCUT2D eigenvalue weighted by molar-refractivity contribution is 0.186. The van der Waals surface area contributed by atoms with Crippen LogP contribution in [0.2, 0.25) is 0 Å². The number of aromatic nitrogens is 2. The molecule has 0 atom stereocenters. The number of hydrogen-bond acceptors (Lipinski definition) is 5. The largest absolute Gasteiger partial charge is 0.496 e. The van der Waals surface area contributed by atoms with Crippen LogP contribution in [0.4, 0.5) is 0 Å². The van der Waals surface area contributed by atoms with Crippen LogP contribution in [0.3, 0.4) is 0 Å². The minimum Gasteiger partial charge on any atom is -0.496 e. The molecule has 0 saturated heterocycles. The molecule has 2 rings (SSSR count). The predicted octanol–water partition coefficient (Wildman–Crippen LogP) is 2.10. The van der Waals surface area contributed by atoms with E-state index in [1.165, 1.54) is 13.2 Å². The molecule has 0 saturated carbocycles. The van der Waals surface area contributed by atoms with Crippen LogP contribution in [-0.4, -0.2) is 30.4 Å². The number of hydrogen-bond donors (Lipinski definition) is 1. The van der Waals surface area contributed by atoms with Gasteiger partial charge in [-0.2, -0.15) is 5.26 Å². The molecule has 1 N–H and O–H groups in total. The van der Waals surface area contributed by atoms with E-state index in [0.29, 0.717) is 40.5 Å². The number of rotatable bonds is 5. The van der Waals surface area contributed by atoms with Gasteiger partial charge in [0.05, 0.1) is 31.0 Å². The van der Waals surface area contributed by atoms with Crippen molar-refractivity contribution in [3.63, 3.8) is 0 Å². The van der Waals surface area contributed by atoms with Gasteiger partial charge in [-0.3, -0.25) is 9.78 Å². The van der Waals surface area contributed by atoms with Crippen LogP contribution in [0.15, 0.2) is 29.1 Å². The second-order valence-electron chi connectivity index (χ2n) is 4.50. The van der Waals surface area contributed by atoms with Crippen molar-refractivity contribution in [1.82, 2.24) is 9.55 Å². The summed E-state index contributed by atoms with van der Waals surface area (Å²) in [7, 11) is 3.11. The van der Waals surface area contributed by atoms with Crippen molar-refractivity contribution < 1.29 is 9.47 Å². The van der Waals surface area contributed by atoms with Crippen LogP contribution in [0.5, 0.6) is 5.75 Å². The van der Waals surface area contributed by atoms with Crippen molar-refractivity contribution in [2.24, 2.45) is 0 Å². The molecule has 0 unspecified atom stereocenters. The summed E-state index contributed by atoms with van der Waals surface area (Å²) in [5.74, 6) is 0.505. The number of H-pyrrole nitrogens is 1. The molecule has 0 aliphatic rings. The first-order valence-corrected chi connectivity index (χ1v) is 6.93. The Bertz CT molecular complexity index is 833. The molecule has 0 bridgehead atoms. The first-order valence-electron chi connectivity index (χ1n) is 6.52. The van der Waals surface area contributed by atoms with Gasteiger partial charge in [0.2, 0.25) is 0 Å². The van der Waals surface area contributed by atoms with Gasteiger partial charge in [0.1, 0.15) is 5.75 Å². The van der Waals surface area contributed by atoms with E-state index in [4.69, 9.17) is 27.0 Å². The third-order valence-corrected chi connectivity index (χ3v) is 3.48. The molecule has 114 valence electrons. The zero-order valence-corrected chi connectivity index (χ0v) is 13.1. The Morgan fingerprint density at radius 1 is 1.36 bits per heavy atom. The van der Waals surface area contributed by atoms with Crippen molar-refractivity contribution in [2.45, 2.75) is 6.54 Å². The van der Waals surface area contributed by atoms with E-state index >= 15 is 0 Å². The van der Waals surface area contributed by atoms with Crippen molar-refractivity contribution in [3.05, 3.63) is 45.0 Å². The molecule has 0 aliphatic carbocycles. The fourth-order valence-corrected chi connectivity index (χ4v) is 2.41. The summed E-state index contributed by atoms with van der Waals surface area (Å²) in [6.07, 6.45) is 0. The number of nitrogens with zero attached hydrogens (tertiary/aromatic N) is 2. The van der Waals surface area contributed by atoms with E-state index < -0.39 is 0 Å². The highest BCUT2D eigenvalue weighted by Gasteiger charge is 2.12. The highest BCUT2D eigenvalue weighted by atomic mass is 32.1. The smallest absolute Gasteiger partial charge is 0.252 e. The average molecular weight is 317 g/mol. The molecule has 1 aromatic carbocycles. The number of aromatic amines is 1. The molecule has 0 spiro atoms. The zero-order chi connectivity index (χ0) is 16.1. The summed E-state index contributed by atoms with van der Waals surface area (Å²) < 4.78 is 12.5. The predicted molar refractivity (Wildman–Crippen MR) is 84.5 cm³/mol. The highest BCUT2D eigenvalue weighted by molar-refractivity contribution is 7.71. The van der Waals surface area contributed by atoms with Gasteiger partial charge in [0, 0.05) is 25.3 Å². The van der Waals surface area contributed by atoms with Gasteiger partial charge in [-0.05, 0) is 30.4 Å². The van der Waals surface area contributed by atoms with Gasteiger partial charge >= 0.3 is 0 Å². The maximum absolute atomic E-state index is 11.8. The molecule has 0 radical (unpaired) electrons. The molecule has 1 aromatic heterocycles. The lowest BCUT2D eigenvalue weighted by Crippen LogP contribution is -2.17. The minimum absolute atomic E-state index is 0.292. The van der Waals surface area contributed by atoms with Gasteiger partial charge in [-0.15, -0.1) is 0 Å². The van der Waals surface area contributed by atoms with Crippen LogP contribution in [0.1, 0.15) is 5.56 Å².